The molecule has 0 spiro atoms. The highest BCUT2D eigenvalue weighted by Gasteiger charge is 2.46. The minimum Gasteiger partial charge on any atom is -0.455 e. The monoisotopic (exact) mass is 812 g/mol. The molecule has 0 N–H and O–H groups in total. The van der Waals surface area contributed by atoms with Gasteiger partial charge in [0.2, 0.25) is 0 Å². The van der Waals surface area contributed by atoms with E-state index in [0.29, 0.717) is 0 Å². The van der Waals surface area contributed by atoms with E-state index in [1.165, 1.54) is 77.2 Å². The highest BCUT2D eigenvalue weighted by molar-refractivity contribution is 6.22. The summed E-state index contributed by atoms with van der Waals surface area (Å²) in [5, 5.41) is 7.20. The SMILES string of the molecule is c1ccc(-c2c3ccccc3c(-c3ccc4c(c3)C(c3ccccc3)(c3ccccc3)c3ccccc3-4)c3cc(-c4cccc(-c5cccc6c5oc5ccccc56)c4)ccc23)cc1. The Bertz CT molecular complexity index is 3730. The summed E-state index contributed by atoms with van der Waals surface area (Å²) >= 11 is 0. The van der Waals surface area contributed by atoms with Crippen LogP contribution in [0.4, 0.5) is 0 Å². The summed E-state index contributed by atoms with van der Waals surface area (Å²) in [6.45, 7) is 0. The molecule has 0 bridgehead atoms. The predicted molar refractivity (Wildman–Crippen MR) is 268 cm³/mol. The maximum absolute atomic E-state index is 6.53. The lowest BCUT2D eigenvalue weighted by Crippen LogP contribution is -2.28. The van der Waals surface area contributed by atoms with Gasteiger partial charge in [0.1, 0.15) is 11.2 Å². The maximum Gasteiger partial charge on any atom is 0.143 e. The van der Waals surface area contributed by atoms with Gasteiger partial charge in [-0.05, 0) is 118 Å². The molecule has 1 aromatic heterocycles. The van der Waals surface area contributed by atoms with Crippen molar-refractivity contribution >= 4 is 43.5 Å². The van der Waals surface area contributed by atoms with Gasteiger partial charge in [-0.15, -0.1) is 0 Å². The fourth-order valence-corrected chi connectivity index (χ4v) is 11.0. The molecule has 0 amide bonds. The second-order valence-electron chi connectivity index (χ2n) is 17.1. The van der Waals surface area contributed by atoms with Crippen LogP contribution < -0.4 is 0 Å². The number of hydrogen-bond acceptors (Lipinski definition) is 1. The van der Waals surface area contributed by atoms with Gasteiger partial charge in [-0.1, -0.05) is 218 Å². The molecule has 1 heterocycles. The summed E-state index contributed by atoms with van der Waals surface area (Å²) in [5.41, 5.74) is 18.5. The van der Waals surface area contributed by atoms with Gasteiger partial charge < -0.3 is 4.42 Å². The van der Waals surface area contributed by atoms with E-state index in [-0.39, 0.29) is 0 Å². The number of para-hydroxylation sites is 2. The van der Waals surface area contributed by atoms with Crippen molar-refractivity contribution in [3.8, 4) is 55.6 Å². The number of rotatable bonds is 6. The number of furan rings is 1. The quantitative estimate of drug-likeness (QED) is 0.152. The van der Waals surface area contributed by atoms with Gasteiger partial charge in [-0.25, -0.2) is 0 Å². The van der Waals surface area contributed by atoms with E-state index in [2.05, 4.69) is 237 Å². The van der Waals surface area contributed by atoms with Gasteiger partial charge in [-0.2, -0.15) is 0 Å². The molecule has 0 unspecified atom stereocenters. The zero-order chi connectivity index (χ0) is 42.2. The van der Waals surface area contributed by atoms with E-state index in [1.54, 1.807) is 0 Å². The average molecular weight is 813 g/mol. The summed E-state index contributed by atoms with van der Waals surface area (Å²) in [7, 11) is 0. The van der Waals surface area contributed by atoms with E-state index in [0.717, 1.165) is 44.2 Å². The molecule has 298 valence electrons. The molecule has 0 atom stereocenters. The second-order valence-corrected chi connectivity index (χ2v) is 17.1. The molecular formula is C63H40O. The van der Waals surface area contributed by atoms with E-state index in [1.807, 2.05) is 6.07 Å². The van der Waals surface area contributed by atoms with Gasteiger partial charge in [0.25, 0.3) is 0 Å². The summed E-state index contributed by atoms with van der Waals surface area (Å²) in [4.78, 5) is 0. The van der Waals surface area contributed by atoms with E-state index in [9.17, 15) is 0 Å². The molecule has 0 fully saturated rings. The van der Waals surface area contributed by atoms with Crippen LogP contribution in [0.15, 0.2) is 247 Å². The van der Waals surface area contributed by atoms with Crippen LogP contribution >= 0.6 is 0 Å². The van der Waals surface area contributed by atoms with Crippen molar-refractivity contribution in [1.29, 1.82) is 0 Å². The highest BCUT2D eigenvalue weighted by atomic mass is 16.3. The highest BCUT2D eigenvalue weighted by Crippen LogP contribution is 2.57. The fourth-order valence-electron chi connectivity index (χ4n) is 11.0. The van der Waals surface area contributed by atoms with Crippen molar-refractivity contribution in [3.63, 3.8) is 0 Å². The van der Waals surface area contributed by atoms with Crippen LogP contribution in [0.1, 0.15) is 22.3 Å². The van der Waals surface area contributed by atoms with Crippen LogP contribution in [-0.4, -0.2) is 0 Å². The van der Waals surface area contributed by atoms with Crippen LogP contribution in [0.5, 0.6) is 0 Å². The van der Waals surface area contributed by atoms with E-state index < -0.39 is 5.41 Å². The zero-order valence-corrected chi connectivity index (χ0v) is 35.0. The smallest absolute Gasteiger partial charge is 0.143 e. The second kappa shape index (κ2) is 14.4. The first kappa shape index (κ1) is 36.4. The lowest BCUT2D eigenvalue weighted by atomic mass is 9.67. The first-order chi connectivity index (χ1) is 31.8. The largest absolute Gasteiger partial charge is 0.455 e. The summed E-state index contributed by atoms with van der Waals surface area (Å²) in [6, 6.07) is 89.2. The van der Waals surface area contributed by atoms with Gasteiger partial charge in [0.05, 0.1) is 5.41 Å². The molecule has 1 aliphatic carbocycles. The van der Waals surface area contributed by atoms with E-state index >= 15 is 0 Å². The topological polar surface area (TPSA) is 13.1 Å². The molecule has 12 aromatic rings. The van der Waals surface area contributed by atoms with Crippen LogP contribution in [0, 0.1) is 0 Å². The number of benzene rings is 11. The van der Waals surface area contributed by atoms with Gasteiger partial charge >= 0.3 is 0 Å². The number of fused-ring (bicyclic) bond motifs is 8. The molecular weight excluding hydrogens is 773 g/mol. The van der Waals surface area contributed by atoms with Crippen molar-refractivity contribution in [2.24, 2.45) is 0 Å². The summed E-state index contributed by atoms with van der Waals surface area (Å²) in [6.07, 6.45) is 0. The van der Waals surface area contributed by atoms with Crippen molar-refractivity contribution < 1.29 is 4.42 Å². The molecule has 0 saturated carbocycles. The molecule has 64 heavy (non-hydrogen) atoms. The third kappa shape index (κ3) is 5.38. The third-order valence-corrected chi connectivity index (χ3v) is 13.7. The molecule has 0 radical (unpaired) electrons. The zero-order valence-electron chi connectivity index (χ0n) is 35.0. The minimum atomic E-state index is -0.506. The Morgan fingerprint density at radius 2 is 0.781 bits per heavy atom. The lowest BCUT2D eigenvalue weighted by molar-refractivity contribution is 0.670. The standard InChI is InChI=1S/C63H40O/c1-4-18-41(19-5-1)60-52-28-10-11-29-53(52)61(45-35-36-50-49-26-12-14-32-57(49)63(58(50)40-45,46-22-6-2-7-23-46)47-24-8-3-9-25-47)56-39-43(34-37-54(56)60)42-20-16-21-44(38-42)48-30-17-31-55-51-27-13-15-33-59(51)64-62(48)55/h1-40H. The molecule has 1 nitrogen and oxygen atoms in total. The summed E-state index contributed by atoms with van der Waals surface area (Å²) < 4.78 is 6.53. The molecule has 1 aliphatic rings. The van der Waals surface area contributed by atoms with Gasteiger partial charge in [0.15, 0.2) is 0 Å². The normalized spacial score (nSPS) is 12.8. The Hall–Kier alpha value is -8.26. The minimum absolute atomic E-state index is 0.506. The molecule has 11 aromatic carbocycles. The van der Waals surface area contributed by atoms with Crippen LogP contribution in [0.2, 0.25) is 0 Å². The van der Waals surface area contributed by atoms with Crippen molar-refractivity contribution in [3.05, 3.63) is 265 Å². The molecule has 13 rings (SSSR count). The predicted octanol–water partition coefficient (Wildman–Crippen LogP) is 16.9. The molecule has 0 aliphatic heterocycles. The number of hydrogen-bond donors (Lipinski definition) is 0. The van der Waals surface area contributed by atoms with Crippen molar-refractivity contribution in [2.45, 2.75) is 5.41 Å². The Labute approximate surface area is 372 Å². The Kier molecular flexibility index (Phi) is 8.20. The van der Waals surface area contributed by atoms with Crippen LogP contribution in [0.3, 0.4) is 0 Å². The molecule has 1 heteroatoms. The van der Waals surface area contributed by atoms with Crippen molar-refractivity contribution in [2.75, 3.05) is 0 Å². The lowest BCUT2D eigenvalue weighted by Gasteiger charge is -2.34. The Morgan fingerprint density at radius 3 is 1.55 bits per heavy atom. The van der Waals surface area contributed by atoms with E-state index in [4.69, 9.17) is 4.42 Å². The molecule has 0 saturated heterocycles. The first-order valence-corrected chi connectivity index (χ1v) is 22.2. The first-order valence-electron chi connectivity index (χ1n) is 22.2. The van der Waals surface area contributed by atoms with Crippen LogP contribution in [-0.2, 0) is 5.41 Å². The average Bonchev–Trinajstić information content (AvgIpc) is 3.90. The van der Waals surface area contributed by atoms with Gasteiger partial charge in [-0.3, -0.25) is 0 Å². The third-order valence-electron chi connectivity index (χ3n) is 13.7. The van der Waals surface area contributed by atoms with Crippen LogP contribution in [0.25, 0.3) is 99.1 Å². The Balaban J connectivity index is 1.08. The maximum atomic E-state index is 6.53. The van der Waals surface area contributed by atoms with Crippen molar-refractivity contribution in [1.82, 2.24) is 0 Å². The fraction of sp³-hybridized carbons (Fsp3) is 0.0159. The summed E-state index contributed by atoms with van der Waals surface area (Å²) in [5.74, 6) is 0. The van der Waals surface area contributed by atoms with Gasteiger partial charge in [0, 0.05) is 16.3 Å². The Morgan fingerprint density at radius 1 is 0.266 bits per heavy atom.